The monoisotopic (exact) mass is 291 g/mol. The summed E-state index contributed by atoms with van der Waals surface area (Å²) < 4.78 is 0. The Bertz CT molecular complexity index is 539. The van der Waals surface area contributed by atoms with Gasteiger partial charge in [-0.3, -0.25) is 0 Å². The van der Waals surface area contributed by atoms with Crippen molar-refractivity contribution in [1.82, 2.24) is 15.0 Å². The first-order chi connectivity index (χ1) is 9.74. The van der Waals surface area contributed by atoms with Gasteiger partial charge in [0, 0.05) is 43.6 Å². The van der Waals surface area contributed by atoms with Crippen LogP contribution in [0.4, 0.5) is 11.6 Å². The Morgan fingerprint density at radius 3 is 2.65 bits per heavy atom. The number of rotatable bonds is 7. The van der Waals surface area contributed by atoms with Crippen LogP contribution in [0.2, 0.25) is 0 Å². The van der Waals surface area contributed by atoms with Crippen LogP contribution in [-0.2, 0) is 12.8 Å². The third kappa shape index (κ3) is 3.66. The van der Waals surface area contributed by atoms with Crippen molar-refractivity contribution in [2.45, 2.75) is 33.1 Å². The topological polar surface area (TPSA) is 62.7 Å². The van der Waals surface area contributed by atoms with Crippen LogP contribution in [0.1, 0.15) is 29.7 Å². The molecular formula is C14H21N5S. The van der Waals surface area contributed by atoms with Crippen molar-refractivity contribution in [3.8, 4) is 0 Å². The maximum absolute atomic E-state index is 4.61. The second kappa shape index (κ2) is 7.19. The number of hydrogen-bond donors (Lipinski definition) is 2. The summed E-state index contributed by atoms with van der Waals surface area (Å²) >= 11 is 1.68. The Hall–Kier alpha value is -1.69. The van der Waals surface area contributed by atoms with Crippen LogP contribution in [0.25, 0.3) is 0 Å². The zero-order valence-corrected chi connectivity index (χ0v) is 13.0. The molecule has 2 rings (SSSR count). The predicted octanol–water partition coefficient (Wildman–Crippen LogP) is 2.89. The first-order valence-corrected chi connectivity index (χ1v) is 7.80. The lowest BCUT2D eigenvalue weighted by molar-refractivity contribution is 0.830. The number of aryl methyl sites for hydroxylation is 1. The van der Waals surface area contributed by atoms with Crippen LogP contribution in [0.5, 0.6) is 0 Å². The second-order valence-corrected chi connectivity index (χ2v) is 5.54. The highest BCUT2D eigenvalue weighted by atomic mass is 32.1. The zero-order valence-electron chi connectivity index (χ0n) is 12.2. The molecule has 0 spiro atoms. The van der Waals surface area contributed by atoms with Gasteiger partial charge in [-0.25, -0.2) is 15.0 Å². The number of thiazole rings is 1. The Labute approximate surface area is 123 Å². The summed E-state index contributed by atoms with van der Waals surface area (Å²) in [6.45, 7) is 5.01. The Kier molecular flexibility index (Phi) is 5.29. The lowest BCUT2D eigenvalue weighted by Gasteiger charge is -2.13. The number of anilines is 2. The standard InChI is InChI=1S/C14H21N5S/c1-4-5-11-18-13(15-3)10(2)14(19-11)17-7-6-12-16-8-9-20-12/h8-9H,4-7H2,1-3H3,(H2,15,17,18,19). The molecule has 0 atom stereocenters. The van der Waals surface area contributed by atoms with E-state index < -0.39 is 0 Å². The first kappa shape index (κ1) is 14.7. The third-order valence-electron chi connectivity index (χ3n) is 3.02. The molecule has 6 heteroatoms. The molecule has 0 radical (unpaired) electrons. The van der Waals surface area contributed by atoms with E-state index in [4.69, 9.17) is 0 Å². The molecule has 2 aromatic heterocycles. The van der Waals surface area contributed by atoms with Gasteiger partial charge in [0.15, 0.2) is 0 Å². The van der Waals surface area contributed by atoms with Crippen LogP contribution in [-0.4, -0.2) is 28.5 Å². The first-order valence-electron chi connectivity index (χ1n) is 6.92. The van der Waals surface area contributed by atoms with E-state index in [2.05, 4.69) is 32.5 Å². The molecule has 0 fully saturated rings. The van der Waals surface area contributed by atoms with Crippen molar-refractivity contribution >= 4 is 23.0 Å². The van der Waals surface area contributed by atoms with Gasteiger partial charge in [0.25, 0.3) is 0 Å². The summed E-state index contributed by atoms with van der Waals surface area (Å²) in [7, 11) is 1.89. The van der Waals surface area contributed by atoms with E-state index in [9.17, 15) is 0 Å². The molecule has 0 saturated carbocycles. The molecule has 0 saturated heterocycles. The second-order valence-electron chi connectivity index (χ2n) is 4.56. The fourth-order valence-electron chi connectivity index (χ4n) is 1.98. The lowest BCUT2D eigenvalue weighted by atomic mass is 10.2. The highest BCUT2D eigenvalue weighted by molar-refractivity contribution is 7.09. The van der Waals surface area contributed by atoms with Crippen molar-refractivity contribution in [1.29, 1.82) is 0 Å². The van der Waals surface area contributed by atoms with Gasteiger partial charge in [-0.1, -0.05) is 6.92 Å². The van der Waals surface area contributed by atoms with E-state index in [0.29, 0.717) is 0 Å². The minimum absolute atomic E-state index is 0.833. The van der Waals surface area contributed by atoms with Gasteiger partial charge >= 0.3 is 0 Å². The maximum atomic E-state index is 4.61. The molecule has 2 N–H and O–H groups in total. The number of nitrogens with zero attached hydrogens (tertiary/aromatic N) is 3. The predicted molar refractivity (Wildman–Crippen MR) is 84.6 cm³/mol. The molecule has 0 bridgehead atoms. The van der Waals surface area contributed by atoms with Crippen molar-refractivity contribution < 1.29 is 0 Å². The summed E-state index contributed by atoms with van der Waals surface area (Å²) in [5.74, 6) is 2.71. The van der Waals surface area contributed by atoms with Gasteiger partial charge in [0.2, 0.25) is 0 Å². The van der Waals surface area contributed by atoms with Gasteiger partial charge in [-0.15, -0.1) is 11.3 Å². The minimum Gasteiger partial charge on any atom is -0.373 e. The summed E-state index contributed by atoms with van der Waals surface area (Å²) in [5.41, 5.74) is 1.06. The third-order valence-corrected chi connectivity index (χ3v) is 3.86. The molecule has 2 aromatic rings. The Morgan fingerprint density at radius 1 is 1.20 bits per heavy atom. The highest BCUT2D eigenvalue weighted by Gasteiger charge is 2.09. The molecule has 0 amide bonds. The van der Waals surface area contributed by atoms with E-state index in [1.165, 1.54) is 0 Å². The van der Waals surface area contributed by atoms with E-state index >= 15 is 0 Å². The van der Waals surface area contributed by atoms with Crippen LogP contribution in [0.15, 0.2) is 11.6 Å². The Balaban J connectivity index is 2.06. The van der Waals surface area contributed by atoms with Gasteiger partial charge in [-0.05, 0) is 13.3 Å². The van der Waals surface area contributed by atoms with Gasteiger partial charge < -0.3 is 10.6 Å². The quantitative estimate of drug-likeness (QED) is 0.821. The minimum atomic E-state index is 0.833. The molecule has 0 unspecified atom stereocenters. The fourth-order valence-corrected chi connectivity index (χ4v) is 2.60. The molecule has 0 aromatic carbocycles. The van der Waals surface area contributed by atoms with E-state index in [0.717, 1.165) is 53.8 Å². The number of hydrogen-bond acceptors (Lipinski definition) is 6. The van der Waals surface area contributed by atoms with Crippen molar-refractivity contribution in [2.24, 2.45) is 0 Å². The maximum Gasteiger partial charge on any atom is 0.134 e. The molecule has 0 aliphatic rings. The average Bonchev–Trinajstić information content (AvgIpc) is 2.95. The van der Waals surface area contributed by atoms with Gasteiger partial charge in [0.05, 0.1) is 5.01 Å². The summed E-state index contributed by atoms with van der Waals surface area (Å²) in [6.07, 6.45) is 4.70. The fraction of sp³-hybridized carbons (Fsp3) is 0.500. The summed E-state index contributed by atoms with van der Waals surface area (Å²) in [6, 6.07) is 0. The molecule has 0 aliphatic carbocycles. The summed E-state index contributed by atoms with van der Waals surface area (Å²) in [4.78, 5) is 13.4. The van der Waals surface area contributed by atoms with Crippen LogP contribution in [0, 0.1) is 6.92 Å². The van der Waals surface area contributed by atoms with Gasteiger partial charge in [-0.2, -0.15) is 0 Å². The SMILES string of the molecule is CCCc1nc(NC)c(C)c(NCCc2nccs2)n1. The van der Waals surface area contributed by atoms with Crippen molar-refractivity contribution in [3.63, 3.8) is 0 Å². The average molecular weight is 291 g/mol. The lowest BCUT2D eigenvalue weighted by Crippen LogP contribution is -2.12. The van der Waals surface area contributed by atoms with E-state index in [1.807, 2.05) is 25.5 Å². The molecule has 5 nitrogen and oxygen atoms in total. The van der Waals surface area contributed by atoms with Crippen molar-refractivity contribution in [3.05, 3.63) is 28.0 Å². The molecule has 108 valence electrons. The van der Waals surface area contributed by atoms with Crippen LogP contribution in [0.3, 0.4) is 0 Å². The van der Waals surface area contributed by atoms with E-state index in [1.54, 1.807) is 11.3 Å². The van der Waals surface area contributed by atoms with Gasteiger partial charge in [0.1, 0.15) is 17.5 Å². The molecule has 2 heterocycles. The molecule has 0 aliphatic heterocycles. The van der Waals surface area contributed by atoms with Crippen LogP contribution < -0.4 is 10.6 Å². The normalized spacial score (nSPS) is 10.6. The number of aromatic nitrogens is 3. The number of nitrogens with one attached hydrogen (secondary N) is 2. The smallest absolute Gasteiger partial charge is 0.134 e. The van der Waals surface area contributed by atoms with Crippen LogP contribution >= 0.6 is 11.3 Å². The van der Waals surface area contributed by atoms with Crippen molar-refractivity contribution in [2.75, 3.05) is 24.2 Å². The van der Waals surface area contributed by atoms with E-state index in [-0.39, 0.29) is 0 Å². The molecular weight excluding hydrogens is 270 g/mol. The largest absolute Gasteiger partial charge is 0.373 e. The zero-order chi connectivity index (χ0) is 14.4. The summed E-state index contributed by atoms with van der Waals surface area (Å²) in [5, 5.41) is 9.69. The Morgan fingerprint density at radius 2 is 2.00 bits per heavy atom. The molecule has 20 heavy (non-hydrogen) atoms. The highest BCUT2D eigenvalue weighted by Crippen LogP contribution is 2.20.